The summed E-state index contributed by atoms with van der Waals surface area (Å²) in [6.45, 7) is 3.99. The molecule has 0 radical (unpaired) electrons. The van der Waals surface area contributed by atoms with Crippen molar-refractivity contribution >= 4 is 17.8 Å². The third kappa shape index (κ3) is 2.98. The lowest BCUT2D eigenvalue weighted by atomic mass is 9.93. The topological polar surface area (TPSA) is 63.7 Å². The summed E-state index contributed by atoms with van der Waals surface area (Å²) in [5, 5.41) is 0. The van der Waals surface area contributed by atoms with Crippen LogP contribution in [0.1, 0.15) is 38.5 Å². The Kier molecular flexibility index (Phi) is 4.71. The van der Waals surface area contributed by atoms with Crippen molar-refractivity contribution in [3.8, 4) is 0 Å². The normalized spacial score (nSPS) is 18.3. The van der Waals surface area contributed by atoms with Crippen LogP contribution in [0.15, 0.2) is 23.8 Å². The van der Waals surface area contributed by atoms with Gasteiger partial charge in [0.05, 0.1) is 6.61 Å². The second kappa shape index (κ2) is 6.50. The number of nitrogens with zero attached hydrogens (tertiary/aromatic N) is 1. The number of carbonyl (C=O) groups excluding carboxylic acids is 3. The van der Waals surface area contributed by atoms with Gasteiger partial charge in [-0.2, -0.15) is 0 Å². The molecule has 2 rings (SSSR count). The molecule has 5 nitrogen and oxygen atoms in total. The summed E-state index contributed by atoms with van der Waals surface area (Å²) in [7, 11) is 0. The Balaban J connectivity index is 1.77. The van der Waals surface area contributed by atoms with Gasteiger partial charge in [0.25, 0.3) is 11.8 Å². The number of hydrogen-bond acceptors (Lipinski definition) is 4. The molecule has 0 N–H and O–H groups in total. The second-order valence-corrected chi connectivity index (χ2v) is 5.00. The Hall–Kier alpha value is -1.91. The molecule has 0 fully saturated rings. The van der Waals surface area contributed by atoms with E-state index in [0.717, 1.165) is 42.9 Å². The molecule has 1 aliphatic carbocycles. The first kappa shape index (κ1) is 14.5. The van der Waals surface area contributed by atoms with Crippen molar-refractivity contribution in [3.63, 3.8) is 0 Å². The first-order chi connectivity index (χ1) is 9.65. The SMILES string of the molecule is C=CC(=O)OCCCCN1C(=O)C2=C(CCCC2)C1=O. The number of unbranched alkanes of at least 4 members (excludes halogenated alkanes) is 1. The molecule has 2 amide bonds. The van der Waals surface area contributed by atoms with E-state index in [1.54, 1.807) is 0 Å². The van der Waals surface area contributed by atoms with Crippen molar-refractivity contribution < 1.29 is 19.1 Å². The monoisotopic (exact) mass is 277 g/mol. The zero-order valence-electron chi connectivity index (χ0n) is 11.5. The molecule has 0 aromatic carbocycles. The van der Waals surface area contributed by atoms with Gasteiger partial charge < -0.3 is 4.74 Å². The highest BCUT2D eigenvalue weighted by atomic mass is 16.5. The molecular weight excluding hydrogens is 258 g/mol. The summed E-state index contributed by atoms with van der Waals surface area (Å²) < 4.78 is 4.85. The van der Waals surface area contributed by atoms with Crippen LogP contribution in [0, 0.1) is 0 Å². The smallest absolute Gasteiger partial charge is 0.330 e. The maximum atomic E-state index is 12.1. The molecule has 0 bridgehead atoms. The van der Waals surface area contributed by atoms with Crippen LogP contribution >= 0.6 is 0 Å². The lowest BCUT2D eigenvalue weighted by Crippen LogP contribution is -2.32. The summed E-state index contributed by atoms with van der Waals surface area (Å²) in [5.41, 5.74) is 1.44. The van der Waals surface area contributed by atoms with Crippen LogP contribution < -0.4 is 0 Å². The van der Waals surface area contributed by atoms with Gasteiger partial charge in [0, 0.05) is 23.8 Å². The van der Waals surface area contributed by atoms with Crippen LogP contribution in [0.5, 0.6) is 0 Å². The molecule has 0 spiro atoms. The highest BCUT2D eigenvalue weighted by molar-refractivity contribution is 6.19. The van der Waals surface area contributed by atoms with E-state index < -0.39 is 5.97 Å². The van der Waals surface area contributed by atoms with E-state index in [-0.39, 0.29) is 18.4 Å². The molecule has 0 saturated heterocycles. The van der Waals surface area contributed by atoms with Gasteiger partial charge in [0.15, 0.2) is 0 Å². The molecule has 20 heavy (non-hydrogen) atoms. The average molecular weight is 277 g/mol. The number of esters is 1. The molecule has 2 aliphatic rings. The fraction of sp³-hybridized carbons (Fsp3) is 0.533. The third-order valence-electron chi connectivity index (χ3n) is 3.66. The van der Waals surface area contributed by atoms with E-state index in [1.807, 2.05) is 0 Å². The van der Waals surface area contributed by atoms with E-state index >= 15 is 0 Å². The Bertz CT molecular complexity index is 450. The van der Waals surface area contributed by atoms with Gasteiger partial charge in [-0.3, -0.25) is 14.5 Å². The minimum atomic E-state index is -0.449. The summed E-state index contributed by atoms with van der Waals surface area (Å²) in [6, 6.07) is 0. The lowest BCUT2D eigenvalue weighted by molar-refractivity contribution is -0.140. The van der Waals surface area contributed by atoms with E-state index in [2.05, 4.69) is 6.58 Å². The number of imide groups is 1. The summed E-state index contributed by atoms with van der Waals surface area (Å²) in [6.07, 6.45) is 5.82. The molecular formula is C15H19NO4. The molecule has 0 atom stereocenters. The van der Waals surface area contributed by atoms with Crippen LogP contribution in [0.2, 0.25) is 0 Å². The maximum Gasteiger partial charge on any atom is 0.330 e. The molecule has 0 aromatic rings. The van der Waals surface area contributed by atoms with Gasteiger partial charge in [-0.15, -0.1) is 0 Å². The Morgan fingerprint density at radius 3 is 2.30 bits per heavy atom. The van der Waals surface area contributed by atoms with Gasteiger partial charge in [0.2, 0.25) is 0 Å². The standard InChI is InChI=1S/C15H19NO4/c1-2-13(17)20-10-6-5-9-16-14(18)11-7-3-4-8-12(11)15(16)19/h2H,1,3-10H2. The Morgan fingerprint density at radius 2 is 1.75 bits per heavy atom. The van der Waals surface area contributed by atoms with Crippen molar-refractivity contribution in [2.75, 3.05) is 13.2 Å². The Labute approximate surface area is 118 Å². The van der Waals surface area contributed by atoms with Crippen molar-refractivity contribution in [2.45, 2.75) is 38.5 Å². The fourth-order valence-electron chi connectivity index (χ4n) is 2.60. The third-order valence-corrected chi connectivity index (χ3v) is 3.66. The average Bonchev–Trinajstić information content (AvgIpc) is 2.71. The van der Waals surface area contributed by atoms with Crippen molar-refractivity contribution in [2.24, 2.45) is 0 Å². The van der Waals surface area contributed by atoms with E-state index in [0.29, 0.717) is 19.4 Å². The zero-order chi connectivity index (χ0) is 14.5. The van der Waals surface area contributed by atoms with E-state index in [1.165, 1.54) is 4.90 Å². The van der Waals surface area contributed by atoms with Crippen molar-refractivity contribution in [3.05, 3.63) is 23.8 Å². The zero-order valence-corrected chi connectivity index (χ0v) is 11.5. The fourth-order valence-corrected chi connectivity index (χ4v) is 2.60. The highest BCUT2D eigenvalue weighted by Gasteiger charge is 2.38. The quantitative estimate of drug-likeness (QED) is 0.321. The minimum absolute atomic E-state index is 0.118. The molecule has 108 valence electrons. The van der Waals surface area contributed by atoms with Gasteiger partial charge >= 0.3 is 5.97 Å². The summed E-state index contributed by atoms with van der Waals surface area (Å²) >= 11 is 0. The lowest BCUT2D eigenvalue weighted by Gasteiger charge is -2.14. The number of hydrogen-bond donors (Lipinski definition) is 0. The Morgan fingerprint density at radius 1 is 1.15 bits per heavy atom. The van der Waals surface area contributed by atoms with Crippen LogP contribution in [0.25, 0.3) is 0 Å². The first-order valence-electron chi connectivity index (χ1n) is 7.02. The molecule has 0 saturated carbocycles. The predicted molar refractivity (Wildman–Crippen MR) is 72.6 cm³/mol. The van der Waals surface area contributed by atoms with Crippen molar-refractivity contribution in [1.82, 2.24) is 4.90 Å². The van der Waals surface area contributed by atoms with Gasteiger partial charge in [-0.1, -0.05) is 6.58 Å². The minimum Gasteiger partial charge on any atom is -0.463 e. The van der Waals surface area contributed by atoms with Gasteiger partial charge in [-0.25, -0.2) is 4.79 Å². The summed E-state index contributed by atoms with van der Waals surface area (Å²) in [4.78, 5) is 36.4. The number of amides is 2. The molecule has 0 unspecified atom stereocenters. The molecule has 0 aromatic heterocycles. The van der Waals surface area contributed by atoms with E-state index in [9.17, 15) is 14.4 Å². The number of rotatable bonds is 6. The van der Waals surface area contributed by atoms with Crippen LogP contribution in [-0.4, -0.2) is 35.8 Å². The largest absolute Gasteiger partial charge is 0.463 e. The van der Waals surface area contributed by atoms with Gasteiger partial charge in [0.1, 0.15) is 0 Å². The molecule has 1 aliphatic heterocycles. The van der Waals surface area contributed by atoms with Crippen LogP contribution in [0.4, 0.5) is 0 Å². The highest BCUT2D eigenvalue weighted by Crippen LogP contribution is 2.32. The number of ether oxygens (including phenoxy) is 1. The molecule has 1 heterocycles. The molecule has 5 heteroatoms. The second-order valence-electron chi connectivity index (χ2n) is 5.00. The predicted octanol–water partition coefficient (Wildman–Crippen LogP) is 1.74. The van der Waals surface area contributed by atoms with Crippen LogP contribution in [-0.2, 0) is 19.1 Å². The van der Waals surface area contributed by atoms with E-state index in [4.69, 9.17) is 4.74 Å². The van der Waals surface area contributed by atoms with Gasteiger partial charge in [-0.05, 0) is 38.5 Å². The first-order valence-corrected chi connectivity index (χ1v) is 7.02. The van der Waals surface area contributed by atoms with Crippen LogP contribution in [0.3, 0.4) is 0 Å². The number of carbonyl (C=O) groups is 3. The van der Waals surface area contributed by atoms with Crippen molar-refractivity contribution in [1.29, 1.82) is 0 Å². The maximum absolute atomic E-state index is 12.1. The summed E-state index contributed by atoms with van der Waals surface area (Å²) in [5.74, 6) is -0.684.